The van der Waals surface area contributed by atoms with Crippen LogP contribution >= 0.6 is 0 Å². The Labute approximate surface area is 81.1 Å². The molecule has 0 saturated carbocycles. The fourth-order valence-electron chi connectivity index (χ4n) is 0.354. The molecule has 0 rings (SSSR count). The van der Waals surface area contributed by atoms with Crippen LogP contribution in [-0.4, -0.2) is 22.0 Å². The quantitative estimate of drug-likeness (QED) is 0.642. The van der Waals surface area contributed by atoms with Gasteiger partial charge in [-0.05, 0) is 0 Å². The molecule has 0 aromatic heterocycles. The Morgan fingerprint density at radius 3 is 1.90 bits per heavy atom. The number of hydrogen-bond acceptors (Lipinski definition) is 1. The van der Waals surface area contributed by atoms with Gasteiger partial charge in [0.25, 0.3) is 0 Å². The van der Waals surface area contributed by atoms with E-state index in [1.165, 1.54) is 20.6 Å². The van der Waals surface area contributed by atoms with E-state index in [9.17, 15) is 0 Å². The van der Waals surface area contributed by atoms with Gasteiger partial charge in [-0.15, -0.1) is 0 Å². The van der Waals surface area contributed by atoms with Crippen molar-refractivity contribution in [1.82, 2.24) is 0 Å². The zero-order chi connectivity index (χ0) is 7.54. The van der Waals surface area contributed by atoms with Crippen molar-refractivity contribution in [1.29, 1.82) is 5.26 Å². The Balaban J connectivity index is -0.0000000910. The summed E-state index contributed by atoms with van der Waals surface area (Å²) in [5.74, 6) is 0. The minimum absolute atomic E-state index is 0. The molecule has 0 N–H and O–H groups in total. The summed E-state index contributed by atoms with van der Waals surface area (Å²) >= 11 is 0. The van der Waals surface area contributed by atoms with Gasteiger partial charge in [-0.1, -0.05) is 20.2 Å². The maximum absolute atomic E-state index is 7.62. The Morgan fingerprint density at radius 2 is 1.90 bits per heavy atom. The predicted octanol–water partition coefficient (Wildman–Crippen LogP) is -0.322. The van der Waals surface area contributed by atoms with Crippen molar-refractivity contribution < 1.29 is 21.1 Å². The monoisotopic (exact) mass is 305 g/mol. The summed E-state index contributed by atoms with van der Waals surface area (Å²) in [5, 5.41) is 7.62. The Bertz CT molecular complexity index is 71.8. The van der Waals surface area contributed by atoms with Crippen molar-refractivity contribution in [3.05, 3.63) is 0 Å². The van der Waals surface area contributed by atoms with Crippen LogP contribution in [0.4, 0.5) is 0 Å². The molecule has 54 valence electrons. The third kappa shape index (κ3) is 40.0. The summed E-state index contributed by atoms with van der Waals surface area (Å²) in [4.78, 5) is 0. The summed E-state index contributed by atoms with van der Waals surface area (Å²) in [6.07, 6.45) is 1.97. The molecule has 0 unspecified atom stereocenters. The molecule has 0 amide bonds. The maximum Gasteiger partial charge on any atom is 0.0776 e. The first-order chi connectivity index (χ1) is 4.33. The van der Waals surface area contributed by atoms with E-state index in [0.29, 0.717) is 6.42 Å². The summed E-state index contributed by atoms with van der Waals surface area (Å²) < 4.78 is 0. The molecule has 0 fully saturated rings. The molecule has 0 bridgehead atoms. The smallest absolute Gasteiger partial charge is 0.0776 e. The molecule has 0 aliphatic heterocycles. The number of hydrogen-bond donors (Lipinski definition) is 0. The number of rotatable bonds is 2. The first kappa shape index (κ1) is 16.8. The summed E-state index contributed by atoms with van der Waals surface area (Å²) in [5.41, 5.74) is 0. The van der Waals surface area contributed by atoms with Gasteiger partial charge < -0.3 is 0 Å². The fourth-order valence-corrected chi connectivity index (χ4v) is 0.354. The first-order valence-corrected chi connectivity index (χ1v) is 3.70. The standard InChI is InChI=1S/C3H5N.C2H9B3.W/c1-2-3-4;1-2-4-5-3;/h2H2,1H3;4-5H,2-3H2,1H3;. The van der Waals surface area contributed by atoms with Gasteiger partial charge in [-0.2, -0.15) is 5.26 Å². The fraction of sp³-hybridized carbons (Fsp3) is 0.800. The van der Waals surface area contributed by atoms with E-state index < -0.39 is 0 Å². The van der Waals surface area contributed by atoms with Gasteiger partial charge in [0.15, 0.2) is 0 Å². The van der Waals surface area contributed by atoms with E-state index in [2.05, 4.69) is 14.7 Å². The van der Waals surface area contributed by atoms with Crippen LogP contribution in [0.15, 0.2) is 0 Å². The second-order valence-electron chi connectivity index (χ2n) is 1.87. The molecule has 0 aromatic carbocycles. The molecule has 0 aliphatic carbocycles. The largest absolute Gasteiger partial charge is 0.198 e. The van der Waals surface area contributed by atoms with Crippen LogP contribution in [0.3, 0.4) is 0 Å². The van der Waals surface area contributed by atoms with Crippen molar-refractivity contribution in [2.24, 2.45) is 0 Å². The first-order valence-electron chi connectivity index (χ1n) is 3.70. The normalized spacial score (nSPS) is 5.30. The molecule has 0 aliphatic rings. The van der Waals surface area contributed by atoms with Gasteiger partial charge >= 0.3 is 0 Å². The average molecular weight is 304 g/mol. The van der Waals surface area contributed by atoms with Gasteiger partial charge in [0.2, 0.25) is 0 Å². The third-order valence-electron chi connectivity index (χ3n) is 0.865. The molecular weight excluding hydrogens is 290 g/mol. The Morgan fingerprint density at radius 1 is 1.50 bits per heavy atom. The predicted molar refractivity (Wildman–Crippen MR) is 49.2 cm³/mol. The molecule has 1 nitrogen and oxygen atoms in total. The van der Waals surface area contributed by atoms with Crippen molar-refractivity contribution in [3.8, 4) is 6.07 Å². The maximum atomic E-state index is 7.62. The minimum atomic E-state index is 0. The van der Waals surface area contributed by atoms with Gasteiger partial charge in [-0.3, -0.25) is 0 Å². The molecule has 0 saturated heterocycles. The molecule has 5 heteroatoms. The third-order valence-corrected chi connectivity index (χ3v) is 0.865. The molecular formula is C5H14B3NW. The van der Waals surface area contributed by atoms with Gasteiger partial charge in [0.1, 0.15) is 0 Å². The zero-order valence-electron chi connectivity index (χ0n) is 7.18. The summed E-state index contributed by atoms with van der Waals surface area (Å²) in [7, 11) is 4.94. The van der Waals surface area contributed by atoms with Crippen molar-refractivity contribution in [2.75, 3.05) is 0 Å². The van der Waals surface area contributed by atoms with E-state index in [-0.39, 0.29) is 21.1 Å². The molecule has 0 aromatic rings. The van der Waals surface area contributed by atoms with Crippen LogP contribution in [0.5, 0.6) is 0 Å². The van der Waals surface area contributed by atoms with Crippen LogP contribution < -0.4 is 0 Å². The average Bonchev–Trinajstić information content (AvgIpc) is 1.91. The molecule has 0 heterocycles. The van der Waals surface area contributed by atoms with E-state index in [1.807, 2.05) is 13.0 Å². The van der Waals surface area contributed by atoms with E-state index in [4.69, 9.17) is 5.26 Å². The van der Waals surface area contributed by atoms with E-state index in [1.54, 1.807) is 0 Å². The summed E-state index contributed by atoms with van der Waals surface area (Å²) in [6.45, 7) is 4.03. The Kier molecular flexibility index (Phi) is 38.2. The zero-order valence-corrected chi connectivity index (χ0v) is 10.1. The second kappa shape index (κ2) is 22.8. The Hall–Kier alpha value is 0.373. The topological polar surface area (TPSA) is 23.8 Å². The van der Waals surface area contributed by atoms with Crippen molar-refractivity contribution >= 4 is 22.0 Å². The van der Waals surface area contributed by atoms with Crippen LogP contribution in [-0.2, 0) is 21.1 Å². The SMILES string of the molecule is BBBCC.CCC#N.[W]. The van der Waals surface area contributed by atoms with E-state index >= 15 is 0 Å². The second-order valence-corrected chi connectivity index (χ2v) is 1.87. The van der Waals surface area contributed by atoms with Gasteiger partial charge in [-0.25, -0.2) is 0 Å². The van der Waals surface area contributed by atoms with Gasteiger partial charge in [0, 0.05) is 27.5 Å². The van der Waals surface area contributed by atoms with E-state index in [0.717, 1.165) is 0 Å². The van der Waals surface area contributed by atoms with Crippen LogP contribution in [0.25, 0.3) is 0 Å². The molecule has 10 heavy (non-hydrogen) atoms. The van der Waals surface area contributed by atoms with Crippen LogP contribution in [0.2, 0.25) is 6.32 Å². The van der Waals surface area contributed by atoms with Crippen LogP contribution in [0.1, 0.15) is 20.3 Å². The van der Waals surface area contributed by atoms with Crippen molar-refractivity contribution in [2.45, 2.75) is 26.6 Å². The molecule has 0 atom stereocenters. The summed E-state index contributed by atoms with van der Waals surface area (Å²) in [6, 6.07) is 1.93. The van der Waals surface area contributed by atoms with Crippen molar-refractivity contribution in [3.63, 3.8) is 0 Å². The molecule has 0 radical (unpaired) electrons. The molecule has 0 spiro atoms. The van der Waals surface area contributed by atoms with Gasteiger partial charge in [0.05, 0.1) is 28.0 Å². The van der Waals surface area contributed by atoms with Crippen LogP contribution in [0, 0.1) is 11.3 Å². The number of nitriles is 1. The number of nitrogens with zero attached hydrogens (tertiary/aromatic N) is 1. The minimum Gasteiger partial charge on any atom is -0.198 e.